The lowest BCUT2D eigenvalue weighted by atomic mass is 10.2. The Morgan fingerprint density at radius 2 is 1.94 bits per heavy atom. The quantitative estimate of drug-likeness (QED) is 0.815. The van der Waals surface area contributed by atoms with Gasteiger partial charge in [-0.25, -0.2) is 0 Å². The molecule has 0 atom stereocenters. The summed E-state index contributed by atoms with van der Waals surface area (Å²) < 4.78 is 1.08. The van der Waals surface area contributed by atoms with Gasteiger partial charge in [-0.05, 0) is 53.8 Å². The molecule has 0 unspecified atom stereocenters. The van der Waals surface area contributed by atoms with E-state index in [1.165, 1.54) is 12.3 Å². The number of halogens is 1. The van der Waals surface area contributed by atoms with Gasteiger partial charge in [-0.1, -0.05) is 0 Å². The smallest absolute Gasteiger partial charge is 0.261 e. The number of benzene rings is 1. The summed E-state index contributed by atoms with van der Waals surface area (Å²) in [6, 6.07) is 8.76. The number of carbonyl (C=O) groups excluding carboxylic acids is 1. The monoisotopic (exact) mass is 354 g/mol. The van der Waals surface area contributed by atoms with Gasteiger partial charge in [0.2, 0.25) is 0 Å². The minimum Gasteiger partial charge on any atom is -0.364 e. The second-order valence-corrected chi connectivity index (χ2v) is 5.10. The van der Waals surface area contributed by atoms with Crippen LogP contribution in [0.4, 0.5) is 5.69 Å². The number of aromatic amines is 1. The number of nitrogens with one attached hydrogen (secondary N) is 2. The first-order valence-electron chi connectivity index (χ1n) is 5.32. The number of hydrogen-bond donors (Lipinski definition) is 2. The van der Waals surface area contributed by atoms with Gasteiger partial charge in [-0.2, -0.15) is 0 Å². The fourth-order valence-corrected chi connectivity index (χ4v) is 1.84. The highest BCUT2D eigenvalue weighted by Crippen LogP contribution is 2.11. The molecule has 0 spiro atoms. The Morgan fingerprint density at radius 3 is 2.56 bits per heavy atom. The zero-order valence-corrected chi connectivity index (χ0v) is 11.8. The number of H-pyrrole nitrogens is 1. The van der Waals surface area contributed by atoms with E-state index in [1.807, 2.05) is 12.1 Å². The van der Waals surface area contributed by atoms with Crippen LogP contribution >= 0.6 is 22.6 Å². The van der Waals surface area contributed by atoms with Gasteiger partial charge in [-0.3, -0.25) is 9.59 Å². The molecule has 92 valence electrons. The molecule has 2 N–H and O–H groups in total. The summed E-state index contributed by atoms with van der Waals surface area (Å²) in [4.78, 5) is 26.4. The van der Waals surface area contributed by atoms with E-state index in [0.29, 0.717) is 5.69 Å². The molecule has 2 aromatic rings. The first-order valence-corrected chi connectivity index (χ1v) is 6.40. The fraction of sp³-hybridized carbons (Fsp3) is 0.0769. The van der Waals surface area contributed by atoms with Crippen molar-refractivity contribution < 1.29 is 4.79 Å². The Hall–Kier alpha value is -1.63. The van der Waals surface area contributed by atoms with Gasteiger partial charge in [0.15, 0.2) is 5.43 Å². The fourth-order valence-electron chi connectivity index (χ4n) is 1.48. The highest BCUT2D eigenvalue weighted by molar-refractivity contribution is 14.1. The van der Waals surface area contributed by atoms with E-state index in [2.05, 4.69) is 32.9 Å². The predicted octanol–water partition coefficient (Wildman–Crippen LogP) is 2.54. The maximum atomic E-state index is 11.9. The van der Waals surface area contributed by atoms with Crippen LogP contribution in [-0.4, -0.2) is 10.9 Å². The van der Waals surface area contributed by atoms with Gasteiger partial charge >= 0.3 is 0 Å². The molecule has 18 heavy (non-hydrogen) atoms. The number of carbonyl (C=O) groups is 1. The molecule has 1 heterocycles. The number of rotatable bonds is 2. The Labute approximate surface area is 118 Å². The average molecular weight is 354 g/mol. The van der Waals surface area contributed by atoms with Crippen molar-refractivity contribution in [1.29, 1.82) is 0 Å². The normalized spacial score (nSPS) is 10.1. The molecular weight excluding hydrogens is 343 g/mol. The maximum absolute atomic E-state index is 11.9. The number of aromatic nitrogens is 1. The molecule has 0 radical (unpaired) electrons. The molecule has 0 aliphatic rings. The third-order valence-electron chi connectivity index (χ3n) is 2.40. The number of amides is 1. The van der Waals surface area contributed by atoms with Crippen molar-refractivity contribution in [1.82, 2.24) is 4.98 Å². The lowest BCUT2D eigenvalue weighted by Crippen LogP contribution is -2.21. The van der Waals surface area contributed by atoms with E-state index in [-0.39, 0.29) is 11.0 Å². The van der Waals surface area contributed by atoms with E-state index >= 15 is 0 Å². The second kappa shape index (κ2) is 5.34. The van der Waals surface area contributed by atoms with Gasteiger partial charge in [0, 0.05) is 27.2 Å². The molecule has 1 amide bonds. The van der Waals surface area contributed by atoms with Gasteiger partial charge in [0.05, 0.1) is 0 Å². The third-order valence-corrected chi connectivity index (χ3v) is 3.12. The highest BCUT2D eigenvalue weighted by atomic mass is 127. The summed E-state index contributed by atoms with van der Waals surface area (Å²) in [5.74, 6) is -0.405. The molecular formula is C13H11IN2O2. The van der Waals surface area contributed by atoms with Crippen LogP contribution in [0.2, 0.25) is 0 Å². The summed E-state index contributed by atoms with van der Waals surface area (Å²) in [6.45, 7) is 1.77. The maximum Gasteiger partial charge on any atom is 0.261 e. The third kappa shape index (κ3) is 2.98. The first kappa shape index (κ1) is 12.8. The number of hydrogen-bond acceptors (Lipinski definition) is 2. The predicted molar refractivity (Wildman–Crippen MR) is 78.9 cm³/mol. The van der Waals surface area contributed by atoms with E-state index < -0.39 is 5.91 Å². The zero-order chi connectivity index (χ0) is 13.1. The van der Waals surface area contributed by atoms with Gasteiger partial charge in [0.1, 0.15) is 5.56 Å². The molecule has 0 aliphatic carbocycles. The summed E-state index contributed by atoms with van der Waals surface area (Å²) in [5, 5.41) is 2.68. The molecule has 0 bridgehead atoms. The first-order chi connectivity index (χ1) is 8.56. The van der Waals surface area contributed by atoms with Crippen molar-refractivity contribution in [2.24, 2.45) is 0 Å². The van der Waals surface area contributed by atoms with Crippen molar-refractivity contribution in [2.75, 3.05) is 5.32 Å². The number of aryl methyl sites for hydroxylation is 1. The Morgan fingerprint density at radius 1 is 1.28 bits per heavy atom. The molecule has 5 heteroatoms. The van der Waals surface area contributed by atoms with Gasteiger partial charge in [-0.15, -0.1) is 0 Å². The van der Waals surface area contributed by atoms with Crippen molar-refractivity contribution in [3.05, 3.63) is 61.6 Å². The van der Waals surface area contributed by atoms with Crippen molar-refractivity contribution in [2.45, 2.75) is 6.92 Å². The van der Waals surface area contributed by atoms with Crippen molar-refractivity contribution in [3.63, 3.8) is 0 Å². The highest BCUT2D eigenvalue weighted by Gasteiger charge is 2.10. The molecule has 4 nitrogen and oxygen atoms in total. The van der Waals surface area contributed by atoms with Crippen LogP contribution in [0.5, 0.6) is 0 Å². The standard InChI is InChI=1S/C13H11IN2O2/c1-8-6-12(17)11(7-15-8)13(18)16-10-4-2-9(14)3-5-10/h2-7H,1H3,(H,15,17)(H,16,18). The molecule has 0 saturated carbocycles. The summed E-state index contributed by atoms with van der Waals surface area (Å²) in [7, 11) is 0. The van der Waals surface area contributed by atoms with Crippen LogP contribution in [0.3, 0.4) is 0 Å². The summed E-state index contributed by atoms with van der Waals surface area (Å²) in [5.41, 5.74) is 1.22. The van der Waals surface area contributed by atoms with E-state index in [4.69, 9.17) is 0 Å². The lowest BCUT2D eigenvalue weighted by Gasteiger charge is -2.05. The molecule has 1 aromatic heterocycles. The average Bonchev–Trinajstić information content (AvgIpc) is 2.32. The Bertz CT molecular complexity index is 632. The topological polar surface area (TPSA) is 62.0 Å². The van der Waals surface area contributed by atoms with Gasteiger partial charge in [0.25, 0.3) is 5.91 Å². The van der Waals surface area contributed by atoms with E-state index in [1.54, 1.807) is 19.1 Å². The molecule has 0 aliphatic heterocycles. The van der Waals surface area contributed by atoms with E-state index in [9.17, 15) is 9.59 Å². The summed E-state index contributed by atoms with van der Waals surface area (Å²) >= 11 is 2.18. The van der Waals surface area contributed by atoms with Crippen LogP contribution in [0.1, 0.15) is 16.1 Å². The minimum atomic E-state index is -0.405. The second-order valence-electron chi connectivity index (χ2n) is 3.85. The van der Waals surface area contributed by atoms with Crippen molar-refractivity contribution in [3.8, 4) is 0 Å². The van der Waals surface area contributed by atoms with Crippen LogP contribution in [0, 0.1) is 10.5 Å². The zero-order valence-electron chi connectivity index (χ0n) is 9.66. The molecule has 0 fully saturated rings. The van der Waals surface area contributed by atoms with Crippen molar-refractivity contribution >= 4 is 34.2 Å². The number of anilines is 1. The van der Waals surface area contributed by atoms with Crippen LogP contribution in [-0.2, 0) is 0 Å². The van der Waals surface area contributed by atoms with E-state index in [0.717, 1.165) is 9.26 Å². The van der Waals surface area contributed by atoms with Crippen LogP contribution in [0.25, 0.3) is 0 Å². The molecule has 1 aromatic carbocycles. The Balaban J connectivity index is 2.22. The summed E-state index contributed by atoms with van der Waals surface area (Å²) in [6.07, 6.45) is 1.43. The van der Waals surface area contributed by atoms with Gasteiger partial charge < -0.3 is 10.3 Å². The van der Waals surface area contributed by atoms with Crippen LogP contribution < -0.4 is 10.7 Å². The molecule has 2 rings (SSSR count). The number of pyridine rings is 1. The minimum absolute atomic E-state index is 0.110. The van der Waals surface area contributed by atoms with Crippen LogP contribution in [0.15, 0.2) is 41.3 Å². The lowest BCUT2D eigenvalue weighted by molar-refractivity contribution is 0.102. The SMILES string of the molecule is Cc1cc(=O)c(C(=O)Nc2ccc(I)cc2)c[nH]1. The Kier molecular flexibility index (Phi) is 3.81. The molecule has 0 saturated heterocycles. The largest absolute Gasteiger partial charge is 0.364 e.